The van der Waals surface area contributed by atoms with Crippen LogP contribution in [0.1, 0.15) is 10.4 Å². The van der Waals surface area contributed by atoms with Crippen molar-refractivity contribution in [3.8, 4) is 0 Å². The number of halogens is 1. The van der Waals surface area contributed by atoms with E-state index in [9.17, 15) is 14.9 Å². The normalized spacial score (nSPS) is 10.1. The molecule has 2 aromatic rings. The van der Waals surface area contributed by atoms with Crippen LogP contribution in [0.25, 0.3) is 0 Å². The maximum absolute atomic E-state index is 11.9. The summed E-state index contributed by atoms with van der Waals surface area (Å²) in [7, 11) is 0. The molecule has 0 saturated heterocycles. The second kappa shape index (κ2) is 6.16. The van der Waals surface area contributed by atoms with Gasteiger partial charge in [-0.1, -0.05) is 23.7 Å². The minimum absolute atomic E-state index is 0.0583. The molecule has 0 radical (unpaired) electrons. The van der Waals surface area contributed by atoms with Gasteiger partial charge < -0.3 is 5.32 Å². The molecule has 102 valence electrons. The number of nitro benzene ring substituents is 1. The highest BCUT2D eigenvalue weighted by Gasteiger charge is 2.11. The first-order chi connectivity index (χ1) is 9.56. The molecule has 2 rings (SSSR count). The Balaban J connectivity index is 2.03. The van der Waals surface area contributed by atoms with E-state index in [0.29, 0.717) is 10.6 Å². The Morgan fingerprint density at radius 1 is 1.20 bits per heavy atom. The average molecular weight is 291 g/mol. The number of hydrogen-bond acceptors (Lipinski definition) is 4. The molecule has 0 amide bonds. The van der Waals surface area contributed by atoms with E-state index in [-0.39, 0.29) is 18.0 Å². The molecule has 6 heteroatoms. The fraction of sp³-hybridized carbons (Fsp3) is 0.0714. The molecule has 0 fully saturated rings. The number of rotatable bonds is 5. The second-order valence-corrected chi connectivity index (χ2v) is 4.53. The van der Waals surface area contributed by atoms with E-state index in [0.717, 1.165) is 5.69 Å². The number of Topliss-reactive ketones (excluding diaryl/α,β-unsaturated/α-hetero) is 1. The summed E-state index contributed by atoms with van der Waals surface area (Å²) in [6.07, 6.45) is 0. The fourth-order valence-electron chi connectivity index (χ4n) is 1.65. The number of nitrogens with one attached hydrogen (secondary N) is 1. The maximum atomic E-state index is 11.9. The van der Waals surface area contributed by atoms with Gasteiger partial charge in [0.15, 0.2) is 5.78 Å². The lowest BCUT2D eigenvalue weighted by molar-refractivity contribution is -0.384. The Labute approximate surface area is 120 Å². The van der Waals surface area contributed by atoms with Crippen LogP contribution in [0, 0.1) is 10.1 Å². The van der Waals surface area contributed by atoms with Crippen molar-refractivity contribution in [2.45, 2.75) is 0 Å². The first kappa shape index (κ1) is 14.0. The van der Waals surface area contributed by atoms with Gasteiger partial charge in [-0.25, -0.2) is 0 Å². The van der Waals surface area contributed by atoms with Crippen LogP contribution in [-0.4, -0.2) is 17.3 Å². The van der Waals surface area contributed by atoms with E-state index >= 15 is 0 Å². The highest BCUT2D eigenvalue weighted by Crippen LogP contribution is 2.15. The van der Waals surface area contributed by atoms with Crippen molar-refractivity contribution in [2.24, 2.45) is 0 Å². The maximum Gasteiger partial charge on any atom is 0.270 e. The van der Waals surface area contributed by atoms with Crippen LogP contribution >= 0.6 is 11.6 Å². The van der Waals surface area contributed by atoms with Gasteiger partial charge in [0, 0.05) is 28.4 Å². The molecule has 2 aromatic carbocycles. The van der Waals surface area contributed by atoms with Gasteiger partial charge >= 0.3 is 0 Å². The van der Waals surface area contributed by atoms with Crippen LogP contribution in [0.4, 0.5) is 11.4 Å². The number of non-ortho nitro benzene ring substituents is 1. The van der Waals surface area contributed by atoms with Crippen molar-refractivity contribution in [3.63, 3.8) is 0 Å². The number of nitrogens with zero attached hydrogens (tertiary/aromatic N) is 1. The quantitative estimate of drug-likeness (QED) is 0.519. The van der Waals surface area contributed by atoms with Gasteiger partial charge in [-0.15, -0.1) is 0 Å². The van der Waals surface area contributed by atoms with Gasteiger partial charge in [-0.3, -0.25) is 14.9 Å². The number of ketones is 1. The third kappa shape index (κ3) is 3.55. The molecule has 0 aliphatic rings. The Morgan fingerprint density at radius 2 is 1.90 bits per heavy atom. The summed E-state index contributed by atoms with van der Waals surface area (Å²) in [4.78, 5) is 22.1. The zero-order valence-corrected chi connectivity index (χ0v) is 11.1. The number of anilines is 1. The third-order valence-corrected chi connectivity index (χ3v) is 2.93. The van der Waals surface area contributed by atoms with Gasteiger partial charge in [-0.05, 0) is 24.3 Å². The summed E-state index contributed by atoms with van der Waals surface area (Å²) in [6, 6.07) is 12.6. The van der Waals surface area contributed by atoms with Crippen molar-refractivity contribution in [1.29, 1.82) is 0 Å². The van der Waals surface area contributed by atoms with E-state index in [1.54, 1.807) is 30.3 Å². The predicted octanol–water partition coefficient (Wildman–Crippen LogP) is 3.54. The SMILES string of the molecule is O=C(CNc1ccc(Cl)cc1)c1cccc([N+](=O)[O-])c1. The van der Waals surface area contributed by atoms with Crippen LogP contribution in [0.15, 0.2) is 48.5 Å². The molecule has 5 nitrogen and oxygen atoms in total. The molecule has 0 saturated carbocycles. The second-order valence-electron chi connectivity index (χ2n) is 4.09. The number of carbonyl (C=O) groups excluding carboxylic acids is 1. The van der Waals surface area contributed by atoms with Gasteiger partial charge in [-0.2, -0.15) is 0 Å². The van der Waals surface area contributed by atoms with E-state index in [1.807, 2.05) is 0 Å². The summed E-state index contributed by atoms with van der Waals surface area (Å²) in [5, 5.41) is 14.2. The van der Waals surface area contributed by atoms with E-state index in [2.05, 4.69) is 5.32 Å². The highest BCUT2D eigenvalue weighted by atomic mass is 35.5. The van der Waals surface area contributed by atoms with Gasteiger partial charge in [0.1, 0.15) is 0 Å². The highest BCUT2D eigenvalue weighted by molar-refractivity contribution is 6.30. The molecule has 0 heterocycles. The lowest BCUT2D eigenvalue weighted by Crippen LogP contribution is -2.14. The van der Waals surface area contributed by atoms with E-state index < -0.39 is 4.92 Å². The summed E-state index contributed by atoms with van der Waals surface area (Å²) in [6.45, 7) is 0.0583. The van der Waals surface area contributed by atoms with Crippen molar-refractivity contribution >= 4 is 28.8 Å². The summed E-state index contributed by atoms with van der Waals surface area (Å²) in [5.74, 6) is -0.219. The number of nitro groups is 1. The fourth-order valence-corrected chi connectivity index (χ4v) is 1.77. The van der Waals surface area contributed by atoms with Gasteiger partial charge in [0.25, 0.3) is 5.69 Å². The molecule has 1 N–H and O–H groups in total. The van der Waals surface area contributed by atoms with Gasteiger partial charge in [0.2, 0.25) is 0 Å². The van der Waals surface area contributed by atoms with Crippen molar-refractivity contribution in [3.05, 3.63) is 69.2 Å². The lowest BCUT2D eigenvalue weighted by Gasteiger charge is -2.05. The minimum Gasteiger partial charge on any atom is -0.378 e. The van der Waals surface area contributed by atoms with Crippen molar-refractivity contribution < 1.29 is 9.72 Å². The lowest BCUT2D eigenvalue weighted by atomic mass is 10.1. The number of carbonyl (C=O) groups is 1. The molecule has 0 unspecified atom stereocenters. The molecule has 0 spiro atoms. The molecule has 0 aromatic heterocycles. The topological polar surface area (TPSA) is 72.2 Å². The molecule has 20 heavy (non-hydrogen) atoms. The van der Waals surface area contributed by atoms with E-state index in [4.69, 9.17) is 11.6 Å². The van der Waals surface area contributed by atoms with Crippen LogP contribution in [0.2, 0.25) is 5.02 Å². The van der Waals surface area contributed by atoms with Crippen LogP contribution < -0.4 is 5.32 Å². The van der Waals surface area contributed by atoms with Gasteiger partial charge in [0.05, 0.1) is 11.5 Å². The Bertz CT molecular complexity index is 641. The smallest absolute Gasteiger partial charge is 0.270 e. The standard InChI is InChI=1S/C14H11ClN2O3/c15-11-4-6-12(7-5-11)16-9-14(18)10-2-1-3-13(8-10)17(19)20/h1-8,16H,9H2. The zero-order valence-electron chi connectivity index (χ0n) is 10.4. The third-order valence-electron chi connectivity index (χ3n) is 2.68. The minimum atomic E-state index is -0.524. The van der Waals surface area contributed by atoms with Crippen LogP contribution in [-0.2, 0) is 0 Å². The molecule has 0 aliphatic carbocycles. The largest absolute Gasteiger partial charge is 0.378 e. The Morgan fingerprint density at radius 3 is 2.55 bits per heavy atom. The molecule has 0 aliphatic heterocycles. The summed E-state index contributed by atoms with van der Waals surface area (Å²) >= 11 is 5.76. The number of hydrogen-bond donors (Lipinski definition) is 1. The molecule has 0 atom stereocenters. The summed E-state index contributed by atoms with van der Waals surface area (Å²) < 4.78 is 0. The average Bonchev–Trinajstić information content (AvgIpc) is 2.46. The van der Waals surface area contributed by atoms with Crippen molar-refractivity contribution in [1.82, 2.24) is 0 Å². The predicted molar refractivity (Wildman–Crippen MR) is 77.4 cm³/mol. The summed E-state index contributed by atoms with van der Waals surface area (Å²) in [5.41, 5.74) is 0.969. The van der Waals surface area contributed by atoms with Crippen molar-refractivity contribution in [2.75, 3.05) is 11.9 Å². The Kier molecular flexibility index (Phi) is 4.32. The Hall–Kier alpha value is -2.40. The molecule has 0 bridgehead atoms. The zero-order chi connectivity index (χ0) is 14.5. The number of benzene rings is 2. The molecular formula is C14H11ClN2O3. The first-order valence-electron chi connectivity index (χ1n) is 5.83. The monoisotopic (exact) mass is 290 g/mol. The first-order valence-corrected chi connectivity index (χ1v) is 6.21. The van der Waals surface area contributed by atoms with Crippen LogP contribution in [0.5, 0.6) is 0 Å². The van der Waals surface area contributed by atoms with E-state index in [1.165, 1.54) is 18.2 Å². The molecular weight excluding hydrogens is 280 g/mol. The van der Waals surface area contributed by atoms with Crippen LogP contribution in [0.3, 0.4) is 0 Å².